The molecule has 4 aromatic rings. The third kappa shape index (κ3) is 3.15. The standard InChI is InChI=1S/C22H22N6O2/c1-14-17-5-3-4-6-18(17)22-25-24-21(28(22)26-14)16-7-8-20(19(13-16)23-15(2)29)27-9-11-30-12-10-27/h3-8,13H,9-12H2,1-2H3,(H,23,29). The van der Waals surface area contributed by atoms with Gasteiger partial charge in [-0.25, -0.2) is 0 Å². The Hall–Kier alpha value is -3.52. The number of nitrogens with one attached hydrogen (secondary N) is 1. The number of anilines is 2. The molecule has 152 valence electrons. The van der Waals surface area contributed by atoms with Gasteiger partial charge in [0.25, 0.3) is 0 Å². The highest BCUT2D eigenvalue weighted by Gasteiger charge is 2.19. The van der Waals surface area contributed by atoms with Crippen molar-refractivity contribution < 1.29 is 9.53 Å². The van der Waals surface area contributed by atoms with Gasteiger partial charge in [-0.1, -0.05) is 24.3 Å². The van der Waals surface area contributed by atoms with Gasteiger partial charge < -0.3 is 15.0 Å². The summed E-state index contributed by atoms with van der Waals surface area (Å²) in [4.78, 5) is 14.1. The van der Waals surface area contributed by atoms with Gasteiger partial charge in [0.05, 0.1) is 30.3 Å². The molecule has 0 bridgehead atoms. The molecule has 1 saturated heterocycles. The van der Waals surface area contributed by atoms with Crippen molar-refractivity contribution in [2.24, 2.45) is 0 Å². The van der Waals surface area contributed by atoms with Gasteiger partial charge in [-0.15, -0.1) is 10.2 Å². The van der Waals surface area contributed by atoms with E-state index in [9.17, 15) is 4.79 Å². The van der Waals surface area contributed by atoms with Crippen LogP contribution in [-0.2, 0) is 9.53 Å². The van der Waals surface area contributed by atoms with E-state index >= 15 is 0 Å². The summed E-state index contributed by atoms with van der Waals surface area (Å²) in [5, 5.41) is 18.6. The lowest BCUT2D eigenvalue weighted by Crippen LogP contribution is -2.36. The van der Waals surface area contributed by atoms with Crippen LogP contribution in [0.3, 0.4) is 0 Å². The van der Waals surface area contributed by atoms with Gasteiger partial charge in [-0.3, -0.25) is 4.79 Å². The topological polar surface area (TPSA) is 84.7 Å². The van der Waals surface area contributed by atoms with Gasteiger partial charge in [0.1, 0.15) is 0 Å². The summed E-state index contributed by atoms with van der Waals surface area (Å²) in [5.74, 6) is 0.520. The molecule has 0 unspecified atom stereocenters. The Morgan fingerprint density at radius 1 is 1.07 bits per heavy atom. The van der Waals surface area contributed by atoms with Crippen molar-refractivity contribution in [3.05, 3.63) is 48.2 Å². The first-order valence-corrected chi connectivity index (χ1v) is 9.97. The monoisotopic (exact) mass is 402 g/mol. The van der Waals surface area contributed by atoms with E-state index in [-0.39, 0.29) is 5.91 Å². The van der Waals surface area contributed by atoms with Crippen LogP contribution < -0.4 is 10.2 Å². The predicted molar refractivity (Wildman–Crippen MR) is 116 cm³/mol. The van der Waals surface area contributed by atoms with E-state index < -0.39 is 0 Å². The third-order valence-electron chi connectivity index (χ3n) is 5.37. The Labute approximate surface area is 173 Å². The highest BCUT2D eigenvalue weighted by molar-refractivity contribution is 5.96. The molecular weight excluding hydrogens is 380 g/mol. The Balaban J connectivity index is 1.65. The summed E-state index contributed by atoms with van der Waals surface area (Å²) in [6.07, 6.45) is 0. The molecule has 1 amide bonds. The van der Waals surface area contributed by atoms with Crippen LogP contribution in [0, 0.1) is 6.92 Å². The van der Waals surface area contributed by atoms with Crippen LogP contribution in [0.25, 0.3) is 27.8 Å². The minimum Gasteiger partial charge on any atom is -0.378 e. The lowest BCUT2D eigenvalue weighted by molar-refractivity contribution is -0.114. The number of carbonyl (C=O) groups excluding carboxylic acids is 1. The maximum Gasteiger partial charge on any atom is 0.221 e. The Morgan fingerprint density at radius 2 is 1.83 bits per heavy atom. The Bertz CT molecular complexity index is 1260. The van der Waals surface area contributed by atoms with Crippen molar-refractivity contribution in [3.8, 4) is 11.4 Å². The SMILES string of the molecule is CC(=O)Nc1cc(-c2nnc3c4ccccc4c(C)nn23)ccc1N1CCOCC1. The van der Waals surface area contributed by atoms with E-state index in [0.29, 0.717) is 24.7 Å². The molecule has 5 rings (SSSR count). The number of hydrogen-bond donors (Lipinski definition) is 1. The van der Waals surface area contributed by atoms with Crippen LogP contribution in [0.15, 0.2) is 42.5 Å². The number of amides is 1. The molecule has 0 atom stereocenters. The number of aryl methyl sites for hydroxylation is 1. The number of morpholine rings is 1. The van der Waals surface area contributed by atoms with Crippen molar-refractivity contribution in [3.63, 3.8) is 0 Å². The summed E-state index contributed by atoms with van der Waals surface area (Å²) in [5.41, 5.74) is 4.18. The second-order valence-corrected chi connectivity index (χ2v) is 7.40. The van der Waals surface area contributed by atoms with Crippen LogP contribution in [0.4, 0.5) is 11.4 Å². The molecule has 8 heteroatoms. The number of rotatable bonds is 3. The minimum absolute atomic E-state index is 0.118. The maximum absolute atomic E-state index is 11.8. The first-order valence-electron chi connectivity index (χ1n) is 9.97. The summed E-state index contributed by atoms with van der Waals surface area (Å²) >= 11 is 0. The molecule has 30 heavy (non-hydrogen) atoms. The van der Waals surface area contributed by atoms with Crippen molar-refractivity contribution >= 4 is 33.7 Å². The van der Waals surface area contributed by atoms with Crippen LogP contribution in [-0.4, -0.2) is 52.0 Å². The molecule has 3 heterocycles. The van der Waals surface area contributed by atoms with E-state index in [0.717, 1.165) is 46.5 Å². The van der Waals surface area contributed by atoms with Gasteiger partial charge in [-0.05, 0) is 25.1 Å². The van der Waals surface area contributed by atoms with Gasteiger partial charge in [0.2, 0.25) is 5.91 Å². The zero-order valence-corrected chi connectivity index (χ0v) is 16.9. The average Bonchev–Trinajstić information content (AvgIpc) is 3.18. The summed E-state index contributed by atoms with van der Waals surface area (Å²) in [6, 6.07) is 14.0. The highest BCUT2D eigenvalue weighted by atomic mass is 16.5. The number of hydrogen-bond acceptors (Lipinski definition) is 6. The fraction of sp³-hybridized carbons (Fsp3) is 0.273. The van der Waals surface area contributed by atoms with Crippen molar-refractivity contribution in [2.75, 3.05) is 36.5 Å². The molecule has 2 aromatic heterocycles. The zero-order chi connectivity index (χ0) is 20.7. The first kappa shape index (κ1) is 18.5. The predicted octanol–water partition coefficient (Wildman–Crippen LogP) is 3.05. The fourth-order valence-electron chi connectivity index (χ4n) is 3.96. The normalized spacial score (nSPS) is 14.4. The molecule has 0 saturated carbocycles. The fourth-order valence-corrected chi connectivity index (χ4v) is 3.96. The smallest absolute Gasteiger partial charge is 0.221 e. The highest BCUT2D eigenvalue weighted by Crippen LogP contribution is 2.32. The van der Waals surface area contributed by atoms with Crippen molar-refractivity contribution in [1.29, 1.82) is 0 Å². The van der Waals surface area contributed by atoms with Crippen molar-refractivity contribution in [2.45, 2.75) is 13.8 Å². The van der Waals surface area contributed by atoms with E-state index in [1.54, 1.807) is 4.52 Å². The number of nitrogens with zero attached hydrogens (tertiary/aromatic N) is 5. The number of benzene rings is 2. The minimum atomic E-state index is -0.118. The number of aromatic nitrogens is 4. The van der Waals surface area contributed by atoms with Gasteiger partial charge in [-0.2, -0.15) is 9.61 Å². The molecule has 1 aliphatic rings. The number of carbonyl (C=O) groups is 1. The molecule has 8 nitrogen and oxygen atoms in total. The van der Waals surface area contributed by atoms with Crippen molar-refractivity contribution in [1.82, 2.24) is 19.8 Å². The summed E-state index contributed by atoms with van der Waals surface area (Å²) < 4.78 is 7.24. The lowest BCUT2D eigenvalue weighted by atomic mass is 10.1. The average molecular weight is 402 g/mol. The molecule has 2 aromatic carbocycles. The number of ether oxygens (including phenoxy) is 1. The molecule has 1 N–H and O–H groups in total. The largest absolute Gasteiger partial charge is 0.378 e. The summed E-state index contributed by atoms with van der Waals surface area (Å²) in [7, 11) is 0. The van der Waals surface area contributed by atoms with Gasteiger partial charge in [0, 0.05) is 36.3 Å². The van der Waals surface area contributed by atoms with Gasteiger partial charge in [0.15, 0.2) is 11.5 Å². The number of fused-ring (bicyclic) bond motifs is 3. The maximum atomic E-state index is 11.8. The van der Waals surface area contributed by atoms with E-state index in [4.69, 9.17) is 9.84 Å². The van der Waals surface area contributed by atoms with Crippen LogP contribution >= 0.6 is 0 Å². The third-order valence-corrected chi connectivity index (χ3v) is 5.37. The zero-order valence-electron chi connectivity index (χ0n) is 16.9. The van der Waals surface area contributed by atoms with Crippen LogP contribution in [0.2, 0.25) is 0 Å². The molecule has 0 aliphatic carbocycles. The molecule has 0 radical (unpaired) electrons. The first-order chi connectivity index (χ1) is 14.6. The quantitative estimate of drug-likeness (QED) is 0.567. The van der Waals surface area contributed by atoms with E-state index in [2.05, 4.69) is 20.4 Å². The molecule has 1 fully saturated rings. The molecular formula is C22H22N6O2. The van der Waals surface area contributed by atoms with Crippen LogP contribution in [0.1, 0.15) is 12.6 Å². The van der Waals surface area contributed by atoms with E-state index in [1.807, 2.05) is 49.4 Å². The molecule has 1 aliphatic heterocycles. The lowest BCUT2D eigenvalue weighted by Gasteiger charge is -2.30. The second-order valence-electron chi connectivity index (χ2n) is 7.40. The van der Waals surface area contributed by atoms with Crippen LogP contribution in [0.5, 0.6) is 0 Å². The Morgan fingerprint density at radius 3 is 2.60 bits per heavy atom. The van der Waals surface area contributed by atoms with E-state index in [1.165, 1.54) is 6.92 Å². The van der Waals surface area contributed by atoms with Gasteiger partial charge >= 0.3 is 0 Å². The second kappa shape index (κ2) is 7.38. The Kier molecular flexibility index (Phi) is 4.55. The molecule has 0 spiro atoms. The summed E-state index contributed by atoms with van der Waals surface area (Å²) in [6.45, 7) is 6.41.